The molecule has 1 aromatic rings. The Morgan fingerprint density at radius 3 is 2.62 bits per heavy atom. The van der Waals surface area contributed by atoms with Crippen LogP contribution in [-0.4, -0.2) is 4.98 Å². The zero-order valence-electron chi connectivity index (χ0n) is 7.27. The number of pyridine rings is 1. The molecule has 13 heavy (non-hydrogen) atoms. The standard InChI is InChI=1S/C9H12N2.2ClH/c10-6-9-8(7-3-4-7)2-1-5-11-9;;/h1-2,5,7H,3-4,6,10H2;2*1H. The molecule has 0 amide bonds. The van der Waals surface area contributed by atoms with Gasteiger partial charge in [0.1, 0.15) is 0 Å². The molecule has 0 unspecified atom stereocenters. The van der Waals surface area contributed by atoms with Crippen molar-refractivity contribution in [3.05, 3.63) is 29.6 Å². The second-order valence-electron chi connectivity index (χ2n) is 3.02. The third-order valence-corrected chi connectivity index (χ3v) is 2.14. The van der Waals surface area contributed by atoms with Gasteiger partial charge in [-0.3, -0.25) is 4.98 Å². The van der Waals surface area contributed by atoms with Gasteiger partial charge in [-0.25, -0.2) is 0 Å². The Balaban J connectivity index is 0.000000720. The van der Waals surface area contributed by atoms with Gasteiger partial charge in [0, 0.05) is 12.7 Å². The number of aromatic nitrogens is 1. The predicted octanol–water partition coefficient (Wildman–Crippen LogP) is 2.26. The summed E-state index contributed by atoms with van der Waals surface area (Å²) in [6.45, 7) is 0.576. The highest BCUT2D eigenvalue weighted by molar-refractivity contribution is 5.85. The van der Waals surface area contributed by atoms with Crippen LogP contribution in [0.4, 0.5) is 0 Å². The summed E-state index contributed by atoms with van der Waals surface area (Å²) in [6.07, 6.45) is 4.45. The van der Waals surface area contributed by atoms with E-state index in [1.54, 1.807) is 0 Å². The summed E-state index contributed by atoms with van der Waals surface area (Å²) in [5.74, 6) is 0.766. The van der Waals surface area contributed by atoms with E-state index in [0.29, 0.717) is 6.54 Å². The molecule has 1 aliphatic rings. The Kier molecular flexibility index (Phi) is 5.30. The Hall–Kier alpha value is -0.310. The van der Waals surface area contributed by atoms with Gasteiger partial charge in [0.25, 0.3) is 0 Å². The second kappa shape index (κ2) is 5.43. The average molecular weight is 221 g/mol. The second-order valence-corrected chi connectivity index (χ2v) is 3.02. The first-order chi connectivity index (χ1) is 5.42. The third-order valence-electron chi connectivity index (χ3n) is 2.14. The lowest BCUT2D eigenvalue weighted by atomic mass is 10.1. The lowest BCUT2D eigenvalue weighted by Gasteiger charge is -2.02. The normalized spacial score (nSPS) is 14.2. The highest BCUT2D eigenvalue weighted by Crippen LogP contribution is 2.40. The van der Waals surface area contributed by atoms with Gasteiger partial charge in [-0.2, -0.15) is 0 Å². The largest absolute Gasteiger partial charge is 0.325 e. The molecule has 1 saturated carbocycles. The van der Waals surface area contributed by atoms with Crippen molar-refractivity contribution < 1.29 is 0 Å². The van der Waals surface area contributed by atoms with Crippen molar-refractivity contribution in [2.75, 3.05) is 0 Å². The van der Waals surface area contributed by atoms with Crippen molar-refractivity contribution in [2.45, 2.75) is 25.3 Å². The van der Waals surface area contributed by atoms with Gasteiger partial charge in [0.15, 0.2) is 0 Å². The van der Waals surface area contributed by atoms with Crippen molar-refractivity contribution >= 4 is 24.8 Å². The molecule has 74 valence electrons. The van der Waals surface area contributed by atoms with E-state index in [1.807, 2.05) is 12.3 Å². The minimum atomic E-state index is 0. The van der Waals surface area contributed by atoms with E-state index in [4.69, 9.17) is 5.73 Å². The van der Waals surface area contributed by atoms with Gasteiger partial charge in [-0.05, 0) is 30.4 Å². The fourth-order valence-electron chi connectivity index (χ4n) is 1.39. The average Bonchev–Trinajstić information content (AvgIpc) is 2.87. The van der Waals surface area contributed by atoms with Gasteiger partial charge in [0.05, 0.1) is 5.69 Å². The molecule has 4 heteroatoms. The van der Waals surface area contributed by atoms with Crippen LogP contribution in [0.25, 0.3) is 0 Å². The molecule has 1 heterocycles. The molecule has 0 aliphatic heterocycles. The van der Waals surface area contributed by atoms with E-state index in [9.17, 15) is 0 Å². The molecule has 0 atom stereocenters. The molecule has 2 nitrogen and oxygen atoms in total. The molecule has 1 aromatic heterocycles. The van der Waals surface area contributed by atoms with Crippen LogP contribution < -0.4 is 5.73 Å². The van der Waals surface area contributed by atoms with Gasteiger partial charge < -0.3 is 5.73 Å². The van der Waals surface area contributed by atoms with Crippen molar-refractivity contribution in [1.82, 2.24) is 4.98 Å². The first-order valence-corrected chi connectivity index (χ1v) is 4.05. The monoisotopic (exact) mass is 220 g/mol. The van der Waals surface area contributed by atoms with E-state index in [2.05, 4.69) is 11.1 Å². The van der Waals surface area contributed by atoms with Crippen LogP contribution in [0.1, 0.15) is 30.0 Å². The molecule has 1 aliphatic carbocycles. The molecular formula is C9H14Cl2N2. The highest BCUT2D eigenvalue weighted by Gasteiger charge is 2.25. The molecule has 0 bridgehead atoms. The van der Waals surface area contributed by atoms with Crippen molar-refractivity contribution in [2.24, 2.45) is 5.73 Å². The lowest BCUT2D eigenvalue weighted by molar-refractivity contribution is 0.930. The molecule has 2 rings (SSSR count). The summed E-state index contributed by atoms with van der Waals surface area (Å²) in [5, 5.41) is 0. The first-order valence-electron chi connectivity index (χ1n) is 4.05. The van der Waals surface area contributed by atoms with Gasteiger partial charge >= 0.3 is 0 Å². The van der Waals surface area contributed by atoms with Gasteiger partial charge in [-0.1, -0.05) is 6.07 Å². The van der Waals surface area contributed by atoms with Crippen LogP contribution in [-0.2, 0) is 6.54 Å². The molecule has 2 N–H and O–H groups in total. The summed E-state index contributed by atoms with van der Waals surface area (Å²) in [6, 6.07) is 4.14. The van der Waals surface area contributed by atoms with Gasteiger partial charge in [-0.15, -0.1) is 24.8 Å². The number of halogens is 2. The summed E-state index contributed by atoms with van der Waals surface area (Å²) in [4.78, 5) is 4.23. The fraction of sp³-hybridized carbons (Fsp3) is 0.444. The number of hydrogen-bond donors (Lipinski definition) is 1. The Morgan fingerprint density at radius 1 is 1.38 bits per heavy atom. The zero-order valence-corrected chi connectivity index (χ0v) is 8.90. The van der Waals surface area contributed by atoms with E-state index >= 15 is 0 Å². The Labute approximate surface area is 90.8 Å². The van der Waals surface area contributed by atoms with Gasteiger partial charge in [0.2, 0.25) is 0 Å². The smallest absolute Gasteiger partial charge is 0.0574 e. The number of nitrogens with two attached hydrogens (primary N) is 1. The maximum Gasteiger partial charge on any atom is 0.0574 e. The first kappa shape index (κ1) is 12.7. The maximum absolute atomic E-state index is 5.55. The Bertz CT molecular complexity index is 262. The number of nitrogens with zero attached hydrogens (tertiary/aromatic N) is 1. The van der Waals surface area contributed by atoms with E-state index in [-0.39, 0.29) is 24.8 Å². The minimum Gasteiger partial charge on any atom is -0.325 e. The van der Waals surface area contributed by atoms with E-state index in [1.165, 1.54) is 18.4 Å². The molecule has 0 saturated heterocycles. The summed E-state index contributed by atoms with van der Waals surface area (Å²) in [5.41, 5.74) is 8.00. The molecular weight excluding hydrogens is 207 g/mol. The van der Waals surface area contributed by atoms with Crippen LogP contribution in [0.15, 0.2) is 18.3 Å². The molecule has 1 fully saturated rings. The van der Waals surface area contributed by atoms with Crippen molar-refractivity contribution in [1.29, 1.82) is 0 Å². The predicted molar refractivity (Wildman–Crippen MR) is 58.6 cm³/mol. The highest BCUT2D eigenvalue weighted by atomic mass is 35.5. The SMILES string of the molecule is Cl.Cl.NCc1ncccc1C1CC1. The summed E-state index contributed by atoms with van der Waals surface area (Å²) in [7, 11) is 0. The van der Waals surface area contributed by atoms with Crippen LogP contribution in [0.5, 0.6) is 0 Å². The van der Waals surface area contributed by atoms with Crippen LogP contribution in [0, 0.1) is 0 Å². The van der Waals surface area contributed by atoms with E-state index in [0.717, 1.165) is 11.6 Å². The molecule has 0 spiro atoms. The number of hydrogen-bond acceptors (Lipinski definition) is 2. The van der Waals surface area contributed by atoms with Crippen LogP contribution in [0.3, 0.4) is 0 Å². The Morgan fingerprint density at radius 2 is 2.08 bits per heavy atom. The number of rotatable bonds is 2. The maximum atomic E-state index is 5.55. The fourth-order valence-corrected chi connectivity index (χ4v) is 1.39. The topological polar surface area (TPSA) is 38.9 Å². The molecule has 0 aromatic carbocycles. The van der Waals surface area contributed by atoms with Crippen LogP contribution >= 0.6 is 24.8 Å². The van der Waals surface area contributed by atoms with Crippen molar-refractivity contribution in [3.63, 3.8) is 0 Å². The lowest BCUT2D eigenvalue weighted by Crippen LogP contribution is -2.02. The summed E-state index contributed by atoms with van der Waals surface area (Å²) >= 11 is 0. The molecule has 0 radical (unpaired) electrons. The van der Waals surface area contributed by atoms with E-state index < -0.39 is 0 Å². The third kappa shape index (κ3) is 2.83. The zero-order chi connectivity index (χ0) is 7.68. The van der Waals surface area contributed by atoms with Crippen molar-refractivity contribution in [3.8, 4) is 0 Å². The summed E-state index contributed by atoms with van der Waals surface area (Å²) < 4.78 is 0. The quantitative estimate of drug-likeness (QED) is 0.831. The minimum absolute atomic E-state index is 0. The van der Waals surface area contributed by atoms with Crippen LogP contribution in [0.2, 0.25) is 0 Å².